The number of aryl methyl sites for hydroxylation is 2. The molecular weight excluding hydrogens is 246 g/mol. The molecule has 2 rings (SSSR count). The Morgan fingerprint density at radius 3 is 2.58 bits per heavy atom. The van der Waals surface area contributed by atoms with Crippen LogP contribution in [-0.4, -0.2) is 32.3 Å². The molecule has 6 heteroatoms. The van der Waals surface area contributed by atoms with Crippen LogP contribution in [0.3, 0.4) is 0 Å². The number of hydrogen-bond acceptors (Lipinski definition) is 3. The van der Waals surface area contributed by atoms with Crippen LogP contribution in [0.15, 0.2) is 6.07 Å². The highest BCUT2D eigenvalue weighted by Crippen LogP contribution is 2.39. The number of nitrogens with one attached hydrogen (secondary N) is 1. The van der Waals surface area contributed by atoms with E-state index in [-0.39, 0.29) is 18.4 Å². The summed E-state index contributed by atoms with van der Waals surface area (Å²) in [4.78, 5) is 23.3. The minimum Gasteiger partial charge on any atom is -0.480 e. The molecule has 104 valence electrons. The molecule has 0 saturated heterocycles. The first-order valence-corrected chi connectivity index (χ1v) is 6.38. The molecule has 2 N–H and O–H groups in total. The van der Waals surface area contributed by atoms with Gasteiger partial charge in [0, 0.05) is 5.69 Å². The third-order valence-corrected chi connectivity index (χ3v) is 3.63. The van der Waals surface area contributed by atoms with Crippen LogP contribution in [0.1, 0.15) is 31.2 Å². The van der Waals surface area contributed by atoms with Gasteiger partial charge in [-0.3, -0.25) is 9.48 Å². The summed E-state index contributed by atoms with van der Waals surface area (Å²) < 4.78 is 1.58. The van der Waals surface area contributed by atoms with Crippen molar-refractivity contribution in [1.29, 1.82) is 0 Å². The molecule has 6 nitrogen and oxygen atoms in total. The molecule has 0 spiro atoms. The van der Waals surface area contributed by atoms with Gasteiger partial charge in [0.05, 0.1) is 5.69 Å². The summed E-state index contributed by atoms with van der Waals surface area (Å²) >= 11 is 0. The summed E-state index contributed by atoms with van der Waals surface area (Å²) in [7, 11) is 0. The molecule has 19 heavy (non-hydrogen) atoms. The number of aromatic nitrogens is 2. The van der Waals surface area contributed by atoms with Crippen molar-refractivity contribution in [2.24, 2.45) is 5.92 Å². The van der Waals surface area contributed by atoms with Gasteiger partial charge in [0.2, 0.25) is 5.91 Å². The van der Waals surface area contributed by atoms with E-state index in [1.807, 2.05) is 19.9 Å². The van der Waals surface area contributed by atoms with Gasteiger partial charge in [-0.25, -0.2) is 4.79 Å². The number of carbonyl (C=O) groups excluding carboxylic acids is 1. The fraction of sp³-hybridized carbons (Fsp3) is 0.615. The van der Waals surface area contributed by atoms with Crippen LogP contribution in [0.4, 0.5) is 0 Å². The molecular formula is C13H19N3O3. The molecule has 0 radical (unpaired) electrons. The van der Waals surface area contributed by atoms with Crippen molar-refractivity contribution in [1.82, 2.24) is 15.1 Å². The van der Waals surface area contributed by atoms with Crippen molar-refractivity contribution in [3.8, 4) is 0 Å². The van der Waals surface area contributed by atoms with Gasteiger partial charge in [-0.15, -0.1) is 0 Å². The summed E-state index contributed by atoms with van der Waals surface area (Å²) in [5, 5.41) is 16.1. The molecule has 1 aromatic heterocycles. The molecule has 1 amide bonds. The maximum Gasteiger partial charge on any atom is 0.329 e. The Bertz CT molecular complexity index is 519. The fourth-order valence-corrected chi connectivity index (χ4v) is 2.29. The zero-order chi connectivity index (χ0) is 14.2. The fourth-order valence-electron chi connectivity index (χ4n) is 2.29. The topological polar surface area (TPSA) is 84.2 Å². The number of aliphatic carboxylic acids is 1. The molecule has 1 fully saturated rings. The van der Waals surface area contributed by atoms with Crippen LogP contribution in [0, 0.1) is 19.8 Å². The lowest BCUT2D eigenvalue weighted by atomic mass is 9.96. The second-order valence-corrected chi connectivity index (χ2v) is 5.41. The number of amides is 1. The maximum atomic E-state index is 12.0. The highest BCUT2D eigenvalue weighted by atomic mass is 16.4. The average molecular weight is 265 g/mol. The van der Waals surface area contributed by atoms with Gasteiger partial charge in [0.15, 0.2) is 0 Å². The summed E-state index contributed by atoms with van der Waals surface area (Å²) in [6, 6.07) is 1.88. The van der Waals surface area contributed by atoms with Gasteiger partial charge in [-0.1, -0.05) is 0 Å². The van der Waals surface area contributed by atoms with Gasteiger partial charge in [-0.05, 0) is 45.6 Å². The third kappa shape index (κ3) is 2.77. The van der Waals surface area contributed by atoms with Gasteiger partial charge in [0.25, 0.3) is 0 Å². The molecule has 1 saturated carbocycles. The van der Waals surface area contributed by atoms with Crippen molar-refractivity contribution in [3.05, 3.63) is 17.5 Å². The summed E-state index contributed by atoms with van der Waals surface area (Å²) in [5.74, 6) is -1.26. The molecule has 1 atom stereocenters. The molecule has 1 aliphatic carbocycles. The maximum absolute atomic E-state index is 12.0. The van der Waals surface area contributed by atoms with E-state index in [0.717, 1.165) is 24.2 Å². The van der Waals surface area contributed by atoms with Crippen molar-refractivity contribution >= 4 is 11.9 Å². The normalized spacial score (nSPS) is 17.8. The second-order valence-electron chi connectivity index (χ2n) is 5.41. The first kappa shape index (κ1) is 13.6. The summed E-state index contributed by atoms with van der Waals surface area (Å²) in [5.41, 5.74) is 0.567. The molecule has 0 aliphatic heterocycles. The highest BCUT2D eigenvalue weighted by Gasteiger charge is 2.48. The molecule has 0 aromatic carbocycles. The van der Waals surface area contributed by atoms with E-state index in [9.17, 15) is 14.7 Å². The quantitative estimate of drug-likeness (QED) is 0.827. The van der Waals surface area contributed by atoms with Crippen molar-refractivity contribution in [2.45, 2.75) is 45.7 Å². The number of rotatable bonds is 5. The van der Waals surface area contributed by atoms with Gasteiger partial charge in [-0.2, -0.15) is 5.10 Å². The SMILES string of the molecule is Cc1cc(C)n(CC(=O)NC(C)(C(=O)O)C2CC2)n1. The lowest BCUT2D eigenvalue weighted by Crippen LogP contribution is -2.54. The third-order valence-electron chi connectivity index (χ3n) is 3.63. The second kappa shape index (κ2) is 4.68. The Balaban J connectivity index is 2.04. The molecule has 1 aromatic rings. The number of carboxylic acids is 1. The van der Waals surface area contributed by atoms with E-state index in [0.29, 0.717) is 0 Å². The predicted octanol–water partition coefficient (Wildman–Crippen LogP) is 0.869. The van der Waals surface area contributed by atoms with Crippen LogP contribution in [0.2, 0.25) is 0 Å². The van der Waals surface area contributed by atoms with Gasteiger partial charge < -0.3 is 10.4 Å². The lowest BCUT2D eigenvalue weighted by Gasteiger charge is -2.26. The average Bonchev–Trinajstić information content (AvgIpc) is 3.07. The van der Waals surface area contributed by atoms with Crippen molar-refractivity contribution in [3.63, 3.8) is 0 Å². The molecule has 1 unspecified atom stereocenters. The Hall–Kier alpha value is -1.85. The van der Waals surface area contributed by atoms with Crippen LogP contribution >= 0.6 is 0 Å². The van der Waals surface area contributed by atoms with Crippen LogP contribution in [0.25, 0.3) is 0 Å². The van der Waals surface area contributed by atoms with Crippen LogP contribution < -0.4 is 5.32 Å². The zero-order valence-electron chi connectivity index (χ0n) is 11.4. The summed E-state index contributed by atoms with van der Waals surface area (Å²) in [6.07, 6.45) is 1.70. The minimum atomic E-state index is -1.16. The van der Waals surface area contributed by atoms with E-state index in [1.54, 1.807) is 11.6 Å². The van der Waals surface area contributed by atoms with Gasteiger partial charge >= 0.3 is 5.97 Å². The number of carbonyl (C=O) groups is 2. The van der Waals surface area contributed by atoms with E-state index in [2.05, 4.69) is 10.4 Å². The number of hydrogen-bond donors (Lipinski definition) is 2. The zero-order valence-corrected chi connectivity index (χ0v) is 11.4. The van der Waals surface area contributed by atoms with E-state index in [4.69, 9.17) is 0 Å². The summed E-state index contributed by atoms with van der Waals surface area (Å²) in [6.45, 7) is 5.35. The van der Waals surface area contributed by atoms with Crippen molar-refractivity contribution in [2.75, 3.05) is 0 Å². The first-order valence-electron chi connectivity index (χ1n) is 6.38. The van der Waals surface area contributed by atoms with Crippen LogP contribution in [0.5, 0.6) is 0 Å². The Labute approximate surface area is 111 Å². The number of nitrogens with zero attached hydrogens (tertiary/aromatic N) is 2. The minimum absolute atomic E-state index is 0.0365. The number of carboxylic acid groups (broad SMARTS) is 1. The lowest BCUT2D eigenvalue weighted by molar-refractivity contribution is -0.148. The standard InChI is InChI=1S/C13H19N3O3/c1-8-6-9(2)16(15-8)7-11(17)14-13(3,12(18)19)10-4-5-10/h6,10H,4-5,7H2,1-3H3,(H,14,17)(H,18,19). The first-order chi connectivity index (χ1) is 8.83. The smallest absolute Gasteiger partial charge is 0.329 e. The van der Waals surface area contributed by atoms with Crippen molar-refractivity contribution < 1.29 is 14.7 Å². The highest BCUT2D eigenvalue weighted by molar-refractivity contribution is 5.87. The Morgan fingerprint density at radius 2 is 2.16 bits per heavy atom. The monoisotopic (exact) mass is 265 g/mol. The van der Waals surface area contributed by atoms with Crippen LogP contribution in [-0.2, 0) is 16.1 Å². The molecule has 1 aliphatic rings. The van der Waals surface area contributed by atoms with E-state index >= 15 is 0 Å². The van der Waals surface area contributed by atoms with Gasteiger partial charge in [0.1, 0.15) is 12.1 Å². The largest absolute Gasteiger partial charge is 0.480 e. The Kier molecular flexibility index (Phi) is 3.34. The molecule has 0 bridgehead atoms. The molecule has 1 heterocycles. The Morgan fingerprint density at radius 1 is 1.53 bits per heavy atom. The van der Waals surface area contributed by atoms with E-state index < -0.39 is 11.5 Å². The predicted molar refractivity (Wildman–Crippen MR) is 68.6 cm³/mol. The van der Waals surface area contributed by atoms with E-state index in [1.165, 1.54) is 0 Å².